The van der Waals surface area contributed by atoms with Crippen LogP contribution in [0.2, 0.25) is 0 Å². The molecule has 32 heavy (non-hydrogen) atoms. The van der Waals surface area contributed by atoms with Gasteiger partial charge in [-0.25, -0.2) is 0 Å². The van der Waals surface area contributed by atoms with Crippen LogP contribution in [0.25, 0.3) is 0 Å². The standard InChI is InChI=1S/C28H36N2O2/c1-10-11-22(20-12-18(2)25(31-16-29)23(14-20)27(4,5)6)21-13-19(3)26(32-17-30)24(15-21)28(7,8)9/h12-15,22H,10-11H2,1-9H3. The van der Waals surface area contributed by atoms with Crippen LogP contribution < -0.4 is 9.47 Å². The van der Waals surface area contributed by atoms with Crippen molar-refractivity contribution in [3.8, 4) is 24.0 Å². The van der Waals surface area contributed by atoms with Gasteiger partial charge in [0.2, 0.25) is 0 Å². The van der Waals surface area contributed by atoms with Crippen LogP contribution in [0, 0.1) is 36.9 Å². The second kappa shape index (κ2) is 9.66. The molecular formula is C28H36N2O2. The van der Waals surface area contributed by atoms with Crippen LogP contribution >= 0.6 is 0 Å². The molecule has 0 radical (unpaired) electrons. The lowest BCUT2D eigenvalue weighted by molar-refractivity contribution is 0.468. The van der Waals surface area contributed by atoms with E-state index < -0.39 is 0 Å². The van der Waals surface area contributed by atoms with E-state index in [1.54, 1.807) is 0 Å². The first-order valence-electron chi connectivity index (χ1n) is 11.3. The maximum Gasteiger partial charge on any atom is 0.292 e. The number of hydrogen-bond acceptors (Lipinski definition) is 4. The lowest BCUT2D eigenvalue weighted by Crippen LogP contribution is -2.16. The third kappa shape index (κ3) is 5.43. The summed E-state index contributed by atoms with van der Waals surface area (Å²) in [7, 11) is 0. The van der Waals surface area contributed by atoms with Gasteiger partial charge in [0.05, 0.1) is 0 Å². The smallest absolute Gasteiger partial charge is 0.292 e. The van der Waals surface area contributed by atoms with E-state index in [-0.39, 0.29) is 16.7 Å². The molecule has 170 valence electrons. The summed E-state index contributed by atoms with van der Waals surface area (Å²) in [4.78, 5) is 0. The largest absolute Gasteiger partial charge is 0.387 e. The molecule has 0 aliphatic rings. The van der Waals surface area contributed by atoms with E-state index in [1.807, 2.05) is 26.4 Å². The molecule has 0 saturated carbocycles. The Morgan fingerprint density at radius 1 is 0.750 bits per heavy atom. The first kappa shape index (κ1) is 25.3. The Kier molecular flexibility index (Phi) is 7.63. The molecule has 4 nitrogen and oxygen atoms in total. The van der Waals surface area contributed by atoms with Crippen LogP contribution in [0.4, 0.5) is 0 Å². The molecule has 0 aliphatic carbocycles. The van der Waals surface area contributed by atoms with Gasteiger partial charge in [-0.3, -0.25) is 0 Å². The minimum Gasteiger partial charge on any atom is -0.387 e. The van der Waals surface area contributed by atoms with Gasteiger partial charge < -0.3 is 9.47 Å². The lowest BCUT2D eigenvalue weighted by atomic mass is 9.77. The number of ether oxygens (including phenoxy) is 2. The van der Waals surface area contributed by atoms with Crippen LogP contribution in [0.5, 0.6) is 11.5 Å². The predicted octanol–water partition coefficient (Wildman–Crippen LogP) is 7.55. The normalized spacial score (nSPS) is 11.8. The van der Waals surface area contributed by atoms with Crippen molar-refractivity contribution in [2.75, 3.05) is 0 Å². The van der Waals surface area contributed by atoms with E-state index in [1.165, 1.54) is 11.1 Å². The van der Waals surface area contributed by atoms with Gasteiger partial charge in [0.1, 0.15) is 11.5 Å². The molecule has 0 heterocycles. The number of rotatable bonds is 6. The van der Waals surface area contributed by atoms with Gasteiger partial charge in [-0.1, -0.05) is 79.2 Å². The van der Waals surface area contributed by atoms with Crippen molar-refractivity contribution in [1.29, 1.82) is 10.5 Å². The molecule has 0 amide bonds. The van der Waals surface area contributed by atoms with E-state index in [0.29, 0.717) is 11.5 Å². The van der Waals surface area contributed by atoms with Crippen molar-refractivity contribution in [3.05, 3.63) is 57.6 Å². The third-order valence-electron chi connectivity index (χ3n) is 5.89. The number of benzene rings is 2. The fourth-order valence-electron chi connectivity index (χ4n) is 4.30. The van der Waals surface area contributed by atoms with Gasteiger partial charge in [-0.2, -0.15) is 0 Å². The van der Waals surface area contributed by atoms with Crippen LogP contribution in [0.3, 0.4) is 0 Å². The van der Waals surface area contributed by atoms with Crippen LogP contribution in [0.1, 0.15) is 101 Å². The molecule has 0 atom stereocenters. The maximum absolute atomic E-state index is 9.18. The van der Waals surface area contributed by atoms with Crippen molar-refractivity contribution in [3.63, 3.8) is 0 Å². The van der Waals surface area contributed by atoms with E-state index in [4.69, 9.17) is 9.47 Å². The Morgan fingerprint density at radius 3 is 1.41 bits per heavy atom. The molecule has 0 aliphatic heterocycles. The first-order chi connectivity index (χ1) is 14.8. The second-order valence-electron chi connectivity index (χ2n) is 10.7. The zero-order valence-electron chi connectivity index (χ0n) is 21.0. The van der Waals surface area contributed by atoms with Crippen LogP contribution in [0.15, 0.2) is 24.3 Å². The summed E-state index contributed by atoms with van der Waals surface area (Å²) in [6.45, 7) is 19.0. The molecule has 2 rings (SSSR count). The third-order valence-corrected chi connectivity index (χ3v) is 5.89. The zero-order chi connectivity index (χ0) is 24.3. The monoisotopic (exact) mass is 432 g/mol. The fraction of sp³-hybridized carbons (Fsp3) is 0.500. The summed E-state index contributed by atoms with van der Waals surface area (Å²) in [6.07, 6.45) is 5.73. The Morgan fingerprint density at radius 2 is 1.12 bits per heavy atom. The molecule has 2 aromatic rings. The summed E-state index contributed by atoms with van der Waals surface area (Å²) >= 11 is 0. The topological polar surface area (TPSA) is 66.0 Å². The van der Waals surface area contributed by atoms with Gasteiger partial charge in [-0.15, -0.1) is 10.5 Å². The number of aryl methyl sites for hydroxylation is 2. The van der Waals surface area contributed by atoms with Gasteiger partial charge in [-0.05, 0) is 53.4 Å². The van der Waals surface area contributed by atoms with Crippen LogP contribution in [-0.4, -0.2) is 0 Å². The van der Waals surface area contributed by atoms with Crippen molar-refractivity contribution >= 4 is 0 Å². The van der Waals surface area contributed by atoms with E-state index in [2.05, 4.69) is 72.7 Å². The van der Waals surface area contributed by atoms with Crippen molar-refractivity contribution in [1.82, 2.24) is 0 Å². The highest BCUT2D eigenvalue weighted by molar-refractivity contribution is 5.53. The molecule has 0 spiro atoms. The predicted molar refractivity (Wildman–Crippen MR) is 129 cm³/mol. The van der Waals surface area contributed by atoms with Crippen molar-refractivity contribution in [2.24, 2.45) is 0 Å². The van der Waals surface area contributed by atoms with Gasteiger partial charge >= 0.3 is 0 Å². The number of hydrogen-bond donors (Lipinski definition) is 0. The minimum absolute atomic E-state index is 0.166. The maximum atomic E-state index is 9.18. The molecule has 4 heteroatoms. The molecular weight excluding hydrogens is 396 g/mol. The van der Waals surface area contributed by atoms with E-state index >= 15 is 0 Å². The van der Waals surface area contributed by atoms with Gasteiger partial charge in [0, 0.05) is 17.0 Å². The van der Waals surface area contributed by atoms with Gasteiger partial charge in [0.25, 0.3) is 12.5 Å². The Hall–Kier alpha value is -2.98. The van der Waals surface area contributed by atoms with Crippen molar-refractivity contribution < 1.29 is 9.47 Å². The highest BCUT2D eigenvalue weighted by Crippen LogP contribution is 2.42. The van der Waals surface area contributed by atoms with Crippen LogP contribution in [-0.2, 0) is 10.8 Å². The summed E-state index contributed by atoms with van der Waals surface area (Å²) < 4.78 is 10.8. The molecule has 0 unspecified atom stereocenters. The Labute approximate surface area is 193 Å². The minimum atomic E-state index is -0.166. The Balaban J connectivity index is 2.78. The SMILES string of the molecule is CCCC(c1cc(C)c(OC#N)c(C(C)(C)C)c1)c1cc(C)c(OC#N)c(C(C)(C)C)c1. The molecule has 0 saturated heterocycles. The fourth-order valence-corrected chi connectivity index (χ4v) is 4.30. The van der Waals surface area contributed by atoms with Crippen molar-refractivity contribution in [2.45, 2.75) is 91.9 Å². The first-order valence-corrected chi connectivity index (χ1v) is 11.3. The average Bonchev–Trinajstić information content (AvgIpc) is 2.67. The summed E-state index contributed by atoms with van der Waals surface area (Å²) in [5, 5.41) is 18.4. The highest BCUT2D eigenvalue weighted by Gasteiger charge is 2.27. The Bertz CT molecular complexity index is 974. The summed E-state index contributed by atoms with van der Waals surface area (Å²) in [6, 6.07) is 8.69. The summed E-state index contributed by atoms with van der Waals surface area (Å²) in [5.41, 5.74) is 6.10. The quantitative estimate of drug-likeness (QED) is 0.442. The molecule has 2 aromatic carbocycles. The number of nitrogens with zero attached hydrogens (tertiary/aromatic N) is 2. The van der Waals surface area contributed by atoms with E-state index in [0.717, 1.165) is 35.1 Å². The van der Waals surface area contributed by atoms with Gasteiger partial charge in [0.15, 0.2) is 0 Å². The molecule has 0 bridgehead atoms. The summed E-state index contributed by atoms with van der Waals surface area (Å²) in [5.74, 6) is 1.50. The molecule has 0 N–H and O–H groups in total. The number of nitriles is 2. The zero-order valence-corrected chi connectivity index (χ0v) is 21.0. The second-order valence-corrected chi connectivity index (χ2v) is 10.7. The molecule has 0 aromatic heterocycles. The lowest BCUT2D eigenvalue weighted by Gasteiger charge is -2.28. The average molecular weight is 433 g/mol. The molecule has 0 fully saturated rings. The highest BCUT2D eigenvalue weighted by atomic mass is 16.5. The van der Waals surface area contributed by atoms with E-state index in [9.17, 15) is 10.5 Å².